The number of anilines is 1. The lowest BCUT2D eigenvalue weighted by molar-refractivity contribution is -0.117. The number of rotatable bonds is 18. The minimum absolute atomic E-state index is 0.00634. The van der Waals surface area contributed by atoms with Gasteiger partial charge in [-0.15, -0.1) is 0 Å². The molecule has 0 unspecified atom stereocenters. The van der Waals surface area contributed by atoms with Crippen LogP contribution in [0.15, 0.2) is 71.7 Å². The molecule has 2 saturated carbocycles. The summed E-state index contributed by atoms with van der Waals surface area (Å²) in [7, 11) is -1.05. The van der Waals surface area contributed by atoms with Crippen molar-refractivity contribution in [1.82, 2.24) is 10.6 Å². The molecule has 3 N–H and O–H groups in total. The van der Waals surface area contributed by atoms with Crippen molar-refractivity contribution in [1.29, 1.82) is 0 Å². The smallest absolute Gasteiger partial charge is 0.247 e. The van der Waals surface area contributed by atoms with Crippen LogP contribution in [0.5, 0.6) is 0 Å². The van der Waals surface area contributed by atoms with Crippen molar-refractivity contribution in [3.63, 3.8) is 0 Å². The number of amides is 1. The number of nitrogens with zero attached hydrogens (tertiary/aromatic N) is 1. The summed E-state index contributed by atoms with van der Waals surface area (Å²) in [4.78, 5) is 19.7. The monoisotopic (exact) mass is 712 g/mol. The van der Waals surface area contributed by atoms with Crippen LogP contribution in [-0.2, 0) is 17.4 Å². The maximum atomic E-state index is 14.4. The summed E-state index contributed by atoms with van der Waals surface area (Å²) in [5, 5.41) is 13.3. The Morgan fingerprint density at radius 2 is 1.35 bits per heavy atom. The number of carbonyl (C=O) groups is 1. The number of hydrogen-bond donors (Lipinski definition) is 3. The van der Waals surface area contributed by atoms with Crippen LogP contribution < -0.4 is 16.0 Å². The Bertz CT molecular complexity index is 1460. The van der Waals surface area contributed by atoms with E-state index in [0.29, 0.717) is 18.5 Å². The lowest BCUT2D eigenvalue weighted by Crippen LogP contribution is -2.53. The normalized spacial score (nSPS) is 17.0. The summed E-state index contributed by atoms with van der Waals surface area (Å²) in [6, 6.07) is 24.1. The van der Waals surface area contributed by atoms with Gasteiger partial charge in [-0.1, -0.05) is 133 Å². The number of benzene rings is 3. The van der Waals surface area contributed by atoms with Crippen LogP contribution in [0, 0.1) is 0 Å². The van der Waals surface area contributed by atoms with Gasteiger partial charge in [0, 0.05) is 25.4 Å². The summed E-state index contributed by atoms with van der Waals surface area (Å²) < 4.78 is 0. The molecule has 2 fully saturated rings. The number of carbonyl (C=O) groups excluding carboxylic acids is 1. The predicted molar refractivity (Wildman–Crippen MR) is 224 cm³/mol. The molecule has 5 nitrogen and oxygen atoms in total. The van der Waals surface area contributed by atoms with Crippen LogP contribution in [0.4, 0.5) is 5.69 Å². The highest BCUT2D eigenvalue weighted by atomic mass is 31.2. The van der Waals surface area contributed by atoms with Crippen molar-refractivity contribution in [3.8, 4) is 0 Å². The third-order valence-corrected chi connectivity index (χ3v) is 16.3. The first-order chi connectivity index (χ1) is 25.0. The molecule has 0 radical (unpaired) electrons. The second kappa shape index (κ2) is 21.0. The molecule has 5 rings (SSSR count). The SMILES string of the molecule is CCCC[P+](CCCC)(CCCC)Cc1ccc(NC(=O)[C@H](Cc2cccc3ccccc23)NC(=NC2CCCCC2)NC2CCCCC2)cc1. The highest BCUT2D eigenvalue weighted by molar-refractivity contribution is 7.75. The summed E-state index contributed by atoms with van der Waals surface area (Å²) >= 11 is 0. The zero-order chi connectivity index (χ0) is 35.7. The van der Waals surface area contributed by atoms with Crippen molar-refractivity contribution in [2.24, 2.45) is 4.99 Å². The topological polar surface area (TPSA) is 65.5 Å². The molecule has 1 atom stereocenters. The van der Waals surface area contributed by atoms with Gasteiger partial charge in [0.1, 0.15) is 6.04 Å². The Morgan fingerprint density at radius 1 is 0.745 bits per heavy atom. The van der Waals surface area contributed by atoms with Gasteiger partial charge in [0.15, 0.2) is 5.96 Å². The Kier molecular flexibility index (Phi) is 16.1. The largest absolute Gasteiger partial charge is 0.354 e. The molecular formula is C45H68N4OP+. The molecule has 0 aliphatic heterocycles. The van der Waals surface area contributed by atoms with Gasteiger partial charge in [0.05, 0.1) is 30.7 Å². The van der Waals surface area contributed by atoms with Crippen molar-refractivity contribution in [2.45, 2.75) is 154 Å². The molecule has 3 aromatic carbocycles. The number of aliphatic imine (C=N–C) groups is 1. The first-order valence-electron chi connectivity index (χ1n) is 20.8. The van der Waals surface area contributed by atoms with E-state index in [-0.39, 0.29) is 5.91 Å². The molecule has 2 aliphatic rings. The molecule has 1 amide bonds. The fourth-order valence-corrected chi connectivity index (χ4v) is 13.5. The quantitative estimate of drug-likeness (QED) is 0.0699. The summed E-state index contributed by atoms with van der Waals surface area (Å²) in [6.45, 7) is 7.02. The zero-order valence-corrected chi connectivity index (χ0v) is 33.1. The lowest BCUT2D eigenvalue weighted by Gasteiger charge is -2.29. The second-order valence-corrected chi connectivity index (χ2v) is 20.0. The molecule has 3 aromatic rings. The molecule has 2 aliphatic carbocycles. The van der Waals surface area contributed by atoms with Gasteiger partial charge in [-0.25, -0.2) is 4.99 Å². The van der Waals surface area contributed by atoms with Gasteiger partial charge in [0.2, 0.25) is 5.91 Å². The van der Waals surface area contributed by atoms with Gasteiger partial charge in [-0.3, -0.25) is 4.79 Å². The summed E-state index contributed by atoms with van der Waals surface area (Å²) in [6.07, 6.45) is 26.1. The van der Waals surface area contributed by atoms with Crippen LogP contribution in [-0.4, -0.2) is 48.5 Å². The van der Waals surface area contributed by atoms with Crippen molar-refractivity contribution in [3.05, 3.63) is 77.9 Å². The van der Waals surface area contributed by atoms with Gasteiger partial charge >= 0.3 is 0 Å². The Hall–Kier alpha value is -2.91. The fraction of sp³-hybridized carbons (Fsp3) is 0.600. The van der Waals surface area contributed by atoms with E-state index in [0.717, 1.165) is 37.3 Å². The molecule has 0 bridgehead atoms. The van der Waals surface area contributed by atoms with Crippen molar-refractivity contribution in [2.75, 3.05) is 23.8 Å². The van der Waals surface area contributed by atoms with E-state index < -0.39 is 13.3 Å². The van der Waals surface area contributed by atoms with E-state index in [1.54, 1.807) is 0 Å². The first kappa shape index (κ1) is 39.3. The number of fused-ring (bicyclic) bond motifs is 1. The Labute approximate surface area is 311 Å². The van der Waals surface area contributed by atoms with Crippen LogP contribution in [0.25, 0.3) is 10.8 Å². The average Bonchev–Trinajstić information content (AvgIpc) is 3.16. The van der Waals surface area contributed by atoms with E-state index in [1.807, 2.05) is 0 Å². The molecule has 278 valence electrons. The highest BCUT2D eigenvalue weighted by Gasteiger charge is 2.35. The Balaban J connectivity index is 1.37. The fourth-order valence-electron chi connectivity index (χ4n) is 8.38. The summed E-state index contributed by atoms with van der Waals surface area (Å²) in [5.74, 6) is 0.809. The minimum atomic E-state index is -1.05. The van der Waals surface area contributed by atoms with E-state index in [2.05, 4.69) is 103 Å². The third-order valence-electron chi connectivity index (χ3n) is 11.5. The van der Waals surface area contributed by atoms with Gasteiger partial charge in [0.25, 0.3) is 0 Å². The molecule has 0 spiro atoms. The average molecular weight is 712 g/mol. The zero-order valence-electron chi connectivity index (χ0n) is 32.2. The predicted octanol–water partition coefficient (Wildman–Crippen LogP) is 11.5. The van der Waals surface area contributed by atoms with E-state index >= 15 is 0 Å². The van der Waals surface area contributed by atoms with Gasteiger partial charge in [-0.2, -0.15) is 0 Å². The maximum absolute atomic E-state index is 14.4. The van der Waals surface area contributed by atoms with Crippen molar-refractivity contribution < 1.29 is 4.79 Å². The lowest BCUT2D eigenvalue weighted by atomic mass is 9.95. The molecule has 0 heterocycles. The molecule has 51 heavy (non-hydrogen) atoms. The molecule has 0 saturated heterocycles. The van der Waals surface area contributed by atoms with Crippen LogP contribution in [0.3, 0.4) is 0 Å². The van der Waals surface area contributed by atoms with Gasteiger partial charge < -0.3 is 16.0 Å². The number of hydrogen-bond acceptors (Lipinski definition) is 2. The van der Waals surface area contributed by atoms with Crippen LogP contribution in [0.2, 0.25) is 0 Å². The molecular weight excluding hydrogens is 643 g/mol. The Morgan fingerprint density at radius 3 is 2.00 bits per heavy atom. The molecule has 0 aromatic heterocycles. The number of unbranched alkanes of at least 4 members (excludes halogenated alkanes) is 3. The van der Waals surface area contributed by atoms with Crippen LogP contribution >= 0.6 is 7.26 Å². The number of nitrogens with one attached hydrogen (secondary N) is 3. The second-order valence-electron chi connectivity index (χ2n) is 15.7. The standard InChI is InChI=1S/C45H67N4OP/c1-4-7-31-51(32-8-5-2,33-9-6-3)35-36-27-29-41(30-28-36)46-44(50)43(34-38-21-18-20-37-19-16-17-26-42(37)38)49-45(47-39-22-12-10-13-23-39)48-40-24-14-11-15-25-40/h16-21,26-30,39-40,43H,4-15,22-25,31-35H2,1-3H3,(H2-,46,47,48,49,50)/p+1/t43-/m0/s1. The van der Waals surface area contributed by atoms with E-state index in [1.165, 1.54) is 124 Å². The van der Waals surface area contributed by atoms with E-state index in [9.17, 15) is 4.79 Å². The minimum Gasteiger partial charge on any atom is -0.354 e. The number of guanidine groups is 1. The van der Waals surface area contributed by atoms with Gasteiger partial charge in [-0.05, 0) is 79.0 Å². The molecule has 6 heteroatoms. The third kappa shape index (κ3) is 12.3. The first-order valence-corrected chi connectivity index (χ1v) is 23.4. The maximum Gasteiger partial charge on any atom is 0.247 e. The van der Waals surface area contributed by atoms with E-state index in [4.69, 9.17) is 4.99 Å². The highest BCUT2D eigenvalue weighted by Crippen LogP contribution is 2.63. The van der Waals surface area contributed by atoms with Crippen molar-refractivity contribution >= 4 is 35.6 Å². The summed E-state index contributed by atoms with van der Waals surface area (Å²) in [5.41, 5.74) is 3.49. The van der Waals surface area contributed by atoms with Crippen LogP contribution in [0.1, 0.15) is 135 Å².